The maximum atomic E-state index is 8.78. The second-order valence-electron chi connectivity index (χ2n) is 3.31. The fourth-order valence-corrected chi connectivity index (χ4v) is 1.47. The topological polar surface area (TPSA) is 38.7 Å². The molecule has 0 bridgehead atoms. The van der Waals surface area contributed by atoms with Gasteiger partial charge in [0.15, 0.2) is 6.29 Å². The number of hydrogen-bond acceptors (Lipinski definition) is 3. The Labute approximate surface area is 73.7 Å². The van der Waals surface area contributed by atoms with Crippen LogP contribution in [0.5, 0.6) is 0 Å². The van der Waals surface area contributed by atoms with E-state index in [2.05, 4.69) is 0 Å². The Morgan fingerprint density at radius 2 is 2.00 bits per heavy atom. The summed E-state index contributed by atoms with van der Waals surface area (Å²) < 4.78 is 10.3. The van der Waals surface area contributed by atoms with Crippen LogP contribution in [0.4, 0.5) is 0 Å². The third kappa shape index (κ3) is 4.04. The molecule has 1 rings (SSSR count). The summed E-state index contributed by atoms with van der Waals surface area (Å²) in [6, 6.07) is 0. The second kappa shape index (κ2) is 5.51. The van der Waals surface area contributed by atoms with Crippen molar-refractivity contribution in [2.24, 2.45) is 0 Å². The molecular weight excluding hydrogens is 156 g/mol. The zero-order valence-electron chi connectivity index (χ0n) is 7.66. The van der Waals surface area contributed by atoms with E-state index >= 15 is 0 Å². The SMILES string of the molecule is CC(O)OCOC1CCCCC1. The normalized spacial score (nSPS) is 22.5. The first kappa shape index (κ1) is 9.96. The minimum atomic E-state index is -0.714. The summed E-state index contributed by atoms with van der Waals surface area (Å²) in [6.45, 7) is 1.81. The molecule has 3 heteroatoms. The maximum absolute atomic E-state index is 8.78. The van der Waals surface area contributed by atoms with Crippen molar-refractivity contribution in [2.45, 2.75) is 51.4 Å². The van der Waals surface area contributed by atoms with E-state index in [0.29, 0.717) is 6.10 Å². The fourth-order valence-electron chi connectivity index (χ4n) is 1.47. The molecular formula is C9H18O3. The highest BCUT2D eigenvalue weighted by Crippen LogP contribution is 2.20. The van der Waals surface area contributed by atoms with Gasteiger partial charge in [0.05, 0.1) is 6.10 Å². The summed E-state index contributed by atoms with van der Waals surface area (Å²) in [5, 5.41) is 8.78. The van der Waals surface area contributed by atoms with E-state index < -0.39 is 6.29 Å². The summed E-state index contributed by atoms with van der Waals surface area (Å²) in [5.41, 5.74) is 0. The van der Waals surface area contributed by atoms with E-state index in [4.69, 9.17) is 14.6 Å². The highest BCUT2D eigenvalue weighted by molar-refractivity contribution is 4.64. The Hall–Kier alpha value is -0.120. The van der Waals surface area contributed by atoms with Gasteiger partial charge in [-0.25, -0.2) is 0 Å². The zero-order valence-corrected chi connectivity index (χ0v) is 7.66. The highest BCUT2D eigenvalue weighted by Gasteiger charge is 2.13. The molecule has 12 heavy (non-hydrogen) atoms. The van der Waals surface area contributed by atoms with Crippen LogP contribution in [0.1, 0.15) is 39.0 Å². The molecule has 72 valence electrons. The van der Waals surface area contributed by atoms with Gasteiger partial charge in [0, 0.05) is 0 Å². The van der Waals surface area contributed by atoms with Crippen molar-refractivity contribution >= 4 is 0 Å². The largest absolute Gasteiger partial charge is 0.368 e. The number of rotatable bonds is 4. The first-order valence-electron chi connectivity index (χ1n) is 4.70. The van der Waals surface area contributed by atoms with E-state index in [-0.39, 0.29) is 6.79 Å². The molecule has 1 aliphatic rings. The van der Waals surface area contributed by atoms with Gasteiger partial charge in [0.2, 0.25) is 0 Å². The van der Waals surface area contributed by atoms with Crippen molar-refractivity contribution in [2.75, 3.05) is 6.79 Å². The van der Waals surface area contributed by atoms with Crippen LogP contribution in [0.25, 0.3) is 0 Å². The molecule has 1 fully saturated rings. The molecule has 1 aliphatic carbocycles. The molecule has 0 aliphatic heterocycles. The van der Waals surface area contributed by atoms with Gasteiger partial charge in [-0.05, 0) is 19.8 Å². The van der Waals surface area contributed by atoms with E-state index in [1.165, 1.54) is 19.3 Å². The monoisotopic (exact) mass is 174 g/mol. The van der Waals surface area contributed by atoms with Crippen molar-refractivity contribution in [1.29, 1.82) is 0 Å². The Morgan fingerprint density at radius 3 is 2.58 bits per heavy atom. The maximum Gasteiger partial charge on any atom is 0.154 e. The predicted molar refractivity (Wildman–Crippen MR) is 45.6 cm³/mol. The third-order valence-corrected chi connectivity index (χ3v) is 2.17. The fraction of sp³-hybridized carbons (Fsp3) is 1.00. The van der Waals surface area contributed by atoms with Crippen molar-refractivity contribution in [1.82, 2.24) is 0 Å². The molecule has 0 radical (unpaired) electrons. The molecule has 0 saturated heterocycles. The second-order valence-corrected chi connectivity index (χ2v) is 3.31. The van der Waals surface area contributed by atoms with E-state index in [1.54, 1.807) is 6.92 Å². The number of ether oxygens (including phenoxy) is 2. The molecule has 0 heterocycles. The van der Waals surface area contributed by atoms with Gasteiger partial charge in [-0.2, -0.15) is 0 Å². The first-order chi connectivity index (χ1) is 5.79. The molecule has 1 unspecified atom stereocenters. The summed E-state index contributed by atoms with van der Waals surface area (Å²) in [7, 11) is 0. The lowest BCUT2D eigenvalue weighted by Crippen LogP contribution is -2.20. The first-order valence-corrected chi connectivity index (χ1v) is 4.70. The molecule has 0 spiro atoms. The summed E-state index contributed by atoms with van der Waals surface area (Å²) >= 11 is 0. The van der Waals surface area contributed by atoms with Crippen LogP contribution in [0.3, 0.4) is 0 Å². The van der Waals surface area contributed by atoms with Gasteiger partial charge in [0.1, 0.15) is 6.79 Å². The summed E-state index contributed by atoms with van der Waals surface area (Å²) in [4.78, 5) is 0. The van der Waals surface area contributed by atoms with Gasteiger partial charge in [0.25, 0.3) is 0 Å². The van der Waals surface area contributed by atoms with Crippen LogP contribution < -0.4 is 0 Å². The zero-order chi connectivity index (χ0) is 8.81. The van der Waals surface area contributed by atoms with Crippen molar-refractivity contribution in [3.8, 4) is 0 Å². The average molecular weight is 174 g/mol. The summed E-state index contributed by atoms with van der Waals surface area (Å²) in [5.74, 6) is 0. The van der Waals surface area contributed by atoms with Gasteiger partial charge in [-0.1, -0.05) is 19.3 Å². The quantitative estimate of drug-likeness (QED) is 0.658. The van der Waals surface area contributed by atoms with E-state index in [1.807, 2.05) is 0 Å². The molecule has 1 saturated carbocycles. The smallest absolute Gasteiger partial charge is 0.154 e. The van der Waals surface area contributed by atoms with Crippen LogP contribution >= 0.6 is 0 Å². The highest BCUT2D eigenvalue weighted by atomic mass is 16.7. The number of hydrogen-bond donors (Lipinski definition) is 1. The van der Waals surface area contributed by atoms with Crippen molar-refractivity contribution < 1.29 is 14.6 Å². The van der Waals surface area contributed by atoms with Crippen molar-refractivity contribution in [3.63, 3.8) is 0 Å². The molecule has 0 aromatic heterocycles. The standard InChI is InChI=1S/C9H18O3/c1-8(10)11-7-12-9-5-3-2-4-6-9/h8-10H,2-7H2,1H3. The van der Waals surface area contributed by atoms with Crippen molar-refractivity contribution in [3.05, 3.63) is 0 Å². The van der Waals surface area contributed by atoms with Crippen LogP contribution in [-0.2, 0) is 9.47 Å². The molecule has 0 aromatic carbocycles. The van der Waals surface area contributed by atoms with Crippen LogP contribution in [0.15, 0.2) is 0 Å². The van der Waals surface area contributed by atoms with Gasteiger partial charge in [-0.15, -0.1) is 0 Å². The van der Waals surface area contributed by atoms with Gasteiger partial charge >= 0.3 is 0 Å². The number of aliphatic hydroxyl groups excluding tert-OH is 1. The molecule has 1 atom stereocenters. The minimum absolute atomic E-state index is 0.225. The van der Waals surface area contributed by atoms with Crippen LogP contribution in [0.2, 0.25) is 0 Å². The lowest BCUT2D eigenvalue weighted by atomic mass is 9.98. The number of aliphatic hydroxyl groups is 1. The van der Waals surface area contributed by atoms with Gasteiger partial charge < -0.3 is 14.6 Å². The van der Waals surface area contributed by atoms with E-state index in [9.17, 15) is 0 Å². The molecule has 3 nitrogen and oxygen atoms in total. The molecule has 0 amide bonds. The minimum Gasteiger partial charge on any atom is -0.368 e. The average Bonchev–Trinajstić information content (AvgIpc) is 2.05. The molecule has 1 N–H and O–H groups in total. The summed E-state index contributed by atoms with van der Waals surface area (Å²) in [6.07, 6.45) is 5.79. The Morgan fingerprint density at radius 1 is 1.33 bits per heavy atom. The predicted octanol–water partition coefficient (Wildman–Crippen LogP) is 1.65. The van der Waals surface area contributed by atoms with Gasteiger partial charge in [-0.3, -0.25) is 0 Å². The van der Waals surface area contributed by atoms with Crippen LogP contribution in [0, 0.1) is 0 Å². The van der Waals surface area contributed by atoms with Crippen LogP contribution in [-0.4, -0.2) is 24.3 Å². The Balaban J connectivity index is 1.98. The third-order valence-electron chi connectivity index (χ3n) is 2.17. The molecule has 0 aromatic rings. The Bertz CT molecular complexity index is 108. The van der Waals surface area contributed by atoms with E-state index in [0.717, 1.165) is 12.8 Å². The Kier molecular flexibility index (Phi) is 4.58. The lowest BCUT2D eigenvalue weighted by Gasteiger charge is -2.22. The lowest BCUT2D eigenvalue weighted by molar-refractivity contribution is -0.179.